The second-order valence-corrected chi connectivity index (χ2v) is 4.51. The van der Waals surface area contributed by atoms with Crippen LogP contribution in [0.3, 0.4) is 0 Å². The van der Waals surface area contributed by atoms with Gasteiger partial charge in [-0.3, -0.25) is 4.79 Å². The van der Waals surface area contributed by atoms with Crippen LogP contribution in [0.2, 0.25) is 0 Å². The van der Waals surface area contributed by atoms with Crippen molar-refractivity contribution in [3.8, 4) is 0 Å². The SMILES string of the molecule is NCc1cccc(NC(=O)c2cc(Br)c[nH]2)c1. The van der Waals surface area contributed by atoms with Crippen LogP contribution in [0, 0.1) is 0 Å². The fourth-order valence-electron chi connectivity index (χ4n) is 1.47. The van der Waals surface area contributed by atoms with E-state index in [4.69, 9.17) is 5.73 Å². The van der Waals surface area contributed by atoms with E-state index < -0.39 is 0 Å². The molecule has 0 aliphatic heterocycles. The van der Waals surface area contributed by atoms with E-state index in [1.807, 2.05) is 24.3 Å². The summed E-state index contributed by atoms with van der Waals surface area (Å²) in [5.41, 5.74) is 7.77. The van der Waals surface area contributed by atoms with Crippen molar-refractivity contribution in [2.75, 3.05) is 5.32 Å². The summed E-state index contributed by atoms with van der Waals surface area (Å²) >= 11 is 3.28. The number of rotatable bonds is 3. The number of halogens is 1. The lowest BCUT2D eigenvalue weighted by atomic mass is 10.2. The summed E-state index contributed by atoms with van der Waals surface area (Å²) in [5.74, 6) is -0.176. The average Bonchev–Trinajstić information content (AvgIpc) is 2.76. The van der Waals surface area contributed by atoms with Crippen LogP contribution in [0.25, 0.3) is 0 Å². The molecule has 5 heteroatoms. The molecule has 0 bridgehead atoms. The molecule has 0 atom stereocenters. The van der Waals surface area contributed by atoms with Crippen molar-refractivity contribution in [3.63, 3.8) is 0 Å². The van der Waals surface area contributed by atoms with Crippen LogP contribution in [0.1, 0.15) is 16.1 Å². The minimum absolute atomic E-state index is 0.176. The van der Waals surface area contributed by atoms with E-state index in [1.165, 1.54) is 0 Å². The first-order chi connectivity index (χ1) is 8.19. The van der Waals surface area contributed by atoms with E-state index in [0.29, 0.717) is 12.2 Å². The third kappa shape index (κ3) is 2.95. The number of benzene rings is 1. The van der Waals surface area contributed by atoms with Crippen molar-refractivity contribution in [3.05, 3.63) is 52.3 Å². The minimum Gasteiger partial charge on any atom is -0.356 e. The molecular weight excluding hydrogens is 282 g/mol. The molecule has 88 valence electrons. The summed E-state index contributed by atoms with van der Waals surface area (Å²) in [6.45, 7) is 0.456. The molecular formula is C12H12BrN3O. The third-order valence-electron chi connectivity index (χ3n) is 2.31. The molecule has 1 heterocycles. The Bertz CT molecular complexity index is 536. The van der Waals surface area contributed by atoms with Gasteiger partial charge in [-0.25, -0.2) is 0 Å². The van der Waals surface area contributed by atoms with Crippen molar-refractivity contribution >= 4 is 27.5 Å². The number of nitrogens with two attached hydrogens (primary N) is 1. The normalized spacial score (nSPS) is 10.2. The number of amides is 1. The van der Waals surface area contributed by atoms with E-state index in [2.05, 4.69) is 26.2 Å². The van der Waals surface area contributed by atoms with Gasteiger partial charge in [-0.1, -0.05) is 12.1 Å². The van der Waals surface area contributed by atoms with Crippen LogP contribution in [-0.2, 0) is 6.54 Å². The summed E-state index contributed by atoms with van der Waals surface area (Å²) in [4.78, 5) is 14.7. The topological polar surface area (TPSA) is 70.9 Å². The number of hydrogen-bond acceptors (Lipinski definition) is 2. The molecule has 0 radical (unpaired) electrons. The zero-order valence-corrected chi connectivity index (χ0v) is 10.6. The van der Waals surface area contributed by atoms with E-state index >= 15 is 0 Å². The minimum atomic E-state index is -0.176. The van der Waals surface area contributed by atoms with E-state index in [1.54, 1.807) is 12.3 Å². The maximum atomic E-state index is 11.8. The third-order valence-corrected chi connectivity index (χ3v) is 2.77. The van der Waals surface area contributed by atoms with Gasteiger partial charge in [0.2, 0.25) is 0 Å². The number of anilines is 1. The zero-order valence-electron chi connectivity index (χ0n) is 9.03. The number of aromatic nitrogens is 1. The van der Waals surface area contributed by atoms with Gasteiger partial charge in [-0.15, -0.1) is 0 Å². The second kappa shape index (κ2) is 5.16. The lowest BCUT2D eigenvalue weighted by Crippen LogP contribution is -2.12. The summed E-state index contributed by atoms with van der Waals surface area (Å²) in [6.07, 6.45) is 1.71. The molecule has 0 saturated heterocycles. The fourth-order valence-corrected chi connectivity index (χ4v) is 1.82. The monoisotopic (exact) mass is 293 g/mol. The number of H-pyrrole nitrogens is 1. The molecule has 17 heavy (non-hydrogen) atoms. The maximum absolute atomic E-state index is 11.8. The number of carbonyl (C=O) groups excluding carboxylic acids is 1. The summed E-state index contributed by atoms with van der Waals surface area (Å²) in [5, 5.41) is 2.80. The van der Waals surface area contributed by atoms with Gasteiger partial charge in [0.05, 0.1) is 0 Å². The molecule has 2 rings (SSSR count). The van der Waals surface area contributed by atoms with Gasteiger partial charge in [0, 0.05) is 22.9 Å². The quantitative estimate of drug-likeness (QED) is 0.814. The molecule has 0 spiro atoms. The van der Waals surface area contributed by atoms with Crippen molar-refractivity contribution in [2.24, 2.45) is 5.73 Å². The highest BCUT2D eigenvalue weighted by molar-refractivity contribution is 9.10. The van der Waals surface area contributed by atoms with Crippen molar-refractivity contribution in [2.45, 2.75) is 6.54 Å². The Kier molecular flexibility index (Phi) is 3.61. The van der Waals surface area contributed by atoms with Crippen molar-refractivity contribution in [1.29, 1.82) is 0 Å². The molecule has 1 aromatic carbocycles. The maximum Gasteiger partial charge on any atom is 0.272 e. The molecule has 1 aromatic heterocycles. The molecule has 1 amide bonds. The van der Waals surface area contributed by atoms with Crippen LogP contribution in [0.5, 0.6) is 0 Å². The molecule has 4 N–H and O–H groups in total. The highest BCUT2D eigenvalue weighted by Gasteiger charge is 2.08. The average molecular weight is 294 g/mol. The Labute approximate surface area is 107 Å². The predicted molar refractivity (Wildman–Crippen MR) is 70.8 cm³/mol. The molecule has 0 unspecified atom stereocenters. The van der Waals surface area contributed by atoms with Gasteiger partial charge in [-0.05, 0) is 39.7 Å². The smallest absolute Gasteiger partial charge is 0.272 e. The molecule has 0 fully saturated rings. The van der Waals surface area contributed by atoms with Crippen LogP contribution in [-0.4, -0.2) is 10.9 Å². The molecule has 4 nitrogen and oxygen atoms in total. The lowest BCUT2D eigenvalue weighted by molar-refractivity contribution is 0.102. The Hall–Kier alpha value is -1.59. The number of carbonyl (C=O) groups is 1. The Morgan fingerprint density at radius 3 is 2.88 bits per heavy atom. The molecule has 0 aliphatic carbocycles. The first-order valence-electron chi connectivity index (χ1n) is 5.13. The van der Waals surface area contributed by atoms with Gasteiger partial charge in [0.25, 0.3) is 5.91 Å². The highest BCUT2D eigenvalue weighted by Crippen LogP contribution is 2.14. The Morgan fingerprint density at radius 1 is 1.41 bits per heavy atom. The van der Waals surface area contributed by atoms with Crippen molar-refractivity contribution < 1.29 is 4.79 Å². The second-order valence-electron chi connectivity index (χ2n) is 3.59. The summed E-state index contributed by atoms with van der Waals surface area (Å²) in [7, 11) is 0. The van der Waals surface area contributed by atoms with Gasteiger partial charge in [0.1, 0.15) is 5.69 Å². The molecule has 0 aliphatic rings. The number of nitrogens with one attached hydrogen (secondary N) is 2. The Morgan fingerprint density at radius 2 is 2.24 bits per heavy atom. The van der Waals surface area contributed by atoms with Gasteiger partial charge < -0.3 is 16.0 Å². The van der Waals surface area contributed by atoms with Crippen LogP contribution >= 0.6 is 15.9 Å². The summed E-state index contributed by atoms with van der Waals surface area (Å²) < 4.78 is 0.846. The van der Waals surface area contributed by atoms with Crippen molar-refractivity contribution in [1.82, 2.24) is 4.98 Å². The molecule has 2 aromatic rings. The molecule has 0 saturated carbocycles. The summed E-state index contributed by atoms with van der Waals surface area (Å²) in [6, 6.07) is 9.19. The van der Waals surface area contributed by atoms with Gasteiger partial charge in [-0.2, -0.15) is 0 Å². The Balaban J connectivity index is 2.12. The highest BCUT2D eigenvalue weighted by atomic mass is 79.9. The fraction of sp³-hybridized carbons (Fsp3) is 0.0833. The first-order valence-corrected chi connectivity index (χ1v) is 5.92. The lowest BCUT2D eigenvalue weighted by Gasteiger charge is -2.05. The number of aromatic amines is 1. The number of hydrogen-bond donors (Lipinski definition) is 3. The zero-order chi connectivity index (χ0) is 12.3. The first kappa shape index (κ1) is 11.9. The van der Waals surface area contributed by atoms with Crippen LogP contribution in [0.15, 0.2) is 41.0 Å². The van der Waals surface area contributed by atoms with E-state index in [9.17, 15) is 4.79 Å². The predicted octanol–water partition coefficient (Wildman–Crippen LogP) is 2.49. The van der Waals surface area contributed by atoms with E-state index in [0.717, 1.165) is 15.7 Å². The van der Waals surface area contributed by atoms with Gasteiger partial charge >= 0.3 is 0 Å². The largest absolute Gasteiger partial charge is 0.356 e. The van der Waals surface area contributed by atoms with E-state index in [-0.39, 0.29) is 5.91 Å². The standard InChI is InChI=1S/C12H12BrN3O/c13-9-5-11(15-7-9)12(17)16-10-3-1-2-8(4-10)6-14/h1-5,7,15H,6,14H2,(H,16,17). The van der Waals surface area contributed by atoms with Gasteiger partial charge in [0.15, 0.2) is 0 Å². The van der Waals surface area contributed by atoms with Crippen LogP contribution in [0.4, 0.5) is 5.69 Å². The van der Waals surface area contributed by atoms with Crippen LogP contribution < -0.4 is 11.1 Å².